The molecule has 0 unspecified atom stereocenters. The van der Waals surface area contributed by atoms with Crippen LogP contribution >= 0.6 is 11.6 Å². The molecule has 8 heteroatoms. The molecule has 0 radical (unpaired) electrons. The Labute approximate surface area is 240 Å². The molecule has 1 saturated heterocycles. The lowest BCUT2D eigenvalue weighted by Gasteiger charge is -2.26. The molecule has 1 aromatic heterocycles. The minimum Gasteiger partial charge on any atom is -0.491 e. The van der Waals surface area contributed by atoms with Crippen LogP contribution in [0.15, 0.2) is 94.9 Å². The fourth-order valence-electron chi connectivity index (χ4n) is 5.60. The van der Waals surface area contributed by atoms with E-state index in [9.17, 15) is 8.42 Å². The largest absolute Gasteiger partial charge is 0.491 e. The lowest BCUT2D eigenvalue weighted by molar-refractivity contribution is 0.205. The van der Waals surface area contributed by atoms with Gasteiger partial charge in [-0.25, -0.2) is 8.42 Å². The summed E-state index contributed by atoms with van der Waals surface area (Å²) >= 11 is 6.27. The first kappa shape index (κ1) is 26.8. The third-order valence-electron chi connectivity index (χ3n) is 7.54. The molecule has 0 amide bonds. The fraction of sp³-hybridized carbons (Fsp3) is 0.281. The highest BCUT2D eigenvalue weighted by molar-refractivity contribution is 7.91. The average molecular weight is 574 g/mol. The summed E-state index contributed by atoms with van der Waals surface area (Å²) in [4.78, 5) is 2.74. The molecular weight excluding hydrogens is 542 g/mol. The van der Waals surface area contributed by atoms with Crippen LogP contribution < -0.4 is 4.74 Å². The van der Waals surface area contributed by atoms with Gasteiger partial charge in [0.15, 0.2) is 5.03 Å². The number of halogens is 1. The second kappa shape index (κ2) is 11.6. The Balaban J connectivity index is 1.40. The Morgan fingerprint density at radius 1 is 0.850 bits per heavy atom. The van der Waals surface area contributed by atoms with Crippen molar-refractivity contribution < 1.29 is 13.2 Å². The number of ether oxygens (including phenoxy) is 1. The van der Waals surface area contributed by atoms with Crippen LogP contribution in [0.1, 0.15) is 31.2 Å². The smallest absolute Gasteiger partial charge is 0.226 e. The number of nitrogens with zero attached hydrogens (tertiary/aromatic N) is 3. The van der Waals surface area contributed by atoms with Crippen molar-refractivity contribution in [1.29, 1.82) is 0 Å². The van der Waals surface area contributed by atoms with Crippen LogP contribution in [0.25, 0.3) is 21.7 Å². The van der Waals surface area contributed by atoms with E-state index in [2.05, 4.69) is 4.90 Å². The summed E-state index contributed by atoms with van der Waals surface area (Å²) in [7, 11) is -3.95. The van der Waals surface area contributed by atoms with Gasteiger partial charge in [-0.1, -0.05) is 72.6 Å². The van der Waals surface area contributed by atoms with E-state index in [1.807, 2.05) is 72.8 Å². The number of fused-ring (bicyclic) bond motifs is 2. The zero-order valence-corrected chi connectivity index (χ0v) is 23.9. The number of piperidine rings is 1. The van der Waals surface area contributed by atoms with Gasteiger partial charge in [0.25, 0.3) is 0 Å². The summed E-state index contributed by atoms with van der Waals surface area (Å²) in [5, 5.41) is 7.46. The van der Waals surface area contributed by atoms with Crippen molar-refractivity contribution in [1.82, 2.24) is 14.7 Å². The van der Waals surface area contributed by atoms with Crippen molar-refractivity contribution in [3.8, 4) is 5.75 Å². The highest BCUT2D eigenvalue weighted by atomic mass is 35.5. The van der Waals surface area contributed by atoms with E-state index in [0.29, 0.717) is 40.2 Å². The van der Waals surface area contributed by atoms with Crippen molar-refractivity contribution >= 4 is 43.1 Å². The van der Waals surface area contributed by atoms with Crippen LogP contribution in [0.3, 0.4) is 0 Å². The molecule has 4 aromatic carbocycles. The van der Waals surface area contributed by atoms with E-state index < -0.39 is 9.84 Å². The number of hydrogen-bond acceptors (Lipinski definition) is 5. The van der Waals surface area contributed by atoms with Crippen molar-refractivity contribution in [3.63, 3.8) is 0 Å². The minimum atomic E-state index is -3.95. The summed E-state index contributed by atoms with van der Waals surface area (Å²) in [5.41, 5.74) is 1.59. The predicted octanol–water partition coefficient (Wildman–Crippen LogP) is 6.98. The van der Waals surface area contributed by atoms with Gasteiger partial charge in [-0.2, -0.15) is 5.10 Å². The number of sulfone groups is 1. The maximum Gasteiger partial charge on any atom is 0.226 e. The fourth-order valence-corrected chi connectivity index (χ4v) is 7.41. The lowest BCUT2D eigenvalue weighted by atomic mass is 10.1. The Hall–Kier alpha value is -3.39. The van der Waals surface area contributed by atoms with E-state index in [1.165, 1.54) is 19.3 Å². The summed E-state index contributed by atoms with van der Waals surface area (Å²) < 4.78 is 36.4. The van der Waals surface area contributed by atoms with Crippen LogP contribution in [-0.4, -0.2) is 49.3 Å². The normalized spacial score (nSPS) is 14.6. The molecule has 40 heavy (non-hydrogen) atoms. The molecule has 206 valence electrons. The Morgan fingerprint density at radius 3 is 2.45 bits per heavy atom. The van der Waals surface area contributed by atoms with E-state index >= 15 is 0 Å². The van der Waals surface area contributed by atoms with Gasteiger partial charge in [-0.15, -0.1) is 0 Å². The minimum absolute atomic E-state index is 0.0275. The molecular formula is C32H32ClN3O3S. The van der Waals surface area contributed by atoms with E-state index in [-0.39, 0.29) is 9.92 Å². The summed E-state index contributed by atoms with van der Waals surface area (Å²) in [5.74, 6) is 0.630. The molecule has 1 fully saturated rings. The summed E-state index contributed by atoms with van der Waals surface area (Å²) in [6.45, 7) is 4.20. The Morgan fingerprint density at radius 2 is 1.60 bits per heavy atom. The molecule has 1 aliphatic rings. The van der Waals surface area contributed by atoms with Crippen molar-refractivity contribution in [2.24, 2.45) is 0 Å². The lowest BCUT2D eigenvalue weighted by Crippen LogP contribution is -2.31. The molecule has 1 aliphatic heterocycles. The SMILES string of the molecule is O=S(=O)(c1cccc2ccccc12)c1nn(Cc2cccc(Cl)c2)c2c(OCCCN3CCCCC3)cccc12. The van der Waals surface area contributed by atoms with Gasteiger partial charge in [0.2, 0.25) is 9.84 Å². The van der Waals surface area contributed by atoms with Gasteiger partial charge in [-0.05, 0) is 73.6 Å². The standard InChI is InChI=1S/C32H32ClN3O3S/c33-26-13-6-10-24(22-26)23-36-31-28(15-8-16-29(31)39-21-9-20-35-18-4-1-5-19-35)32(34-36)40(37,38)30-17-7-12-25-11-2-3-14-27(25)30/h2-3,6-8,10-17,22H,1,4-5,9,18-21,23H2. The van der Waals surface area contributed by atoms with Crippen LogP contribution in [0.2, 0.25) is 5.02 Å². The summed E-state index contributed by atoms with van der Waals surface area (Å²) in [6.07, 6.45) is 4.74. The zero-order chi connectivity index (χ0) is 27.5. The van der Waals surface area contributed by atoms with Gasteiger partial charge in [-0.3, -0.25) is 4.68 Å². The van der Waals surface area contributed by atoms with Gasteiger partial charge in [0.05, 0.1) is 18.0 Å². The first-order valence-electron chi connectivity index (χ1n) is 13.8. The van der Waals surface area contributed by atoms with Gasteiger partial charge < -0.3 is 9.64 Å². The molecule has 0 atom stereocenters. The molecule has 6 rings (SSSR count). The molecule has 5 aromatic rings. The molecule has 0 bridgehead atoms. The van der Waals surface area contributed by atoms with E-state index in [1.54, 1.807) is 16.8 Å². The van der Waals surface area contributed by atoms with Gasteiger partial charge >= 0.3 is 0 Å². The van der Waals surface area contributed by atoms with E-state index in [0.717, 1.165) is 37.0 Å². The average Bonchev–Trinajstić information content (AvgIpc) is 3.35. The third-order valence-corrected chi connectivity index (χ3v) is 9.52. The molecule has 0 spiro atoms. The molecule has 0 N–H and O–H groups in total. The number of para-hydroxylation sites is 1. The molecule has 6 nitrogen and oxygen atoms in total. The number of rotatable bonds is 9. The topological polar surface area (TPSA) is 64.4 Å². The van der Waals surface area contributed by atoms with Gasteiger partial charge in [0, 0.05) is 22.3 Å². The van der Waals surface area contributed by atoms with Crippen molar-refractivity contribution in [2.75, 3.05) is 26.2 Å². The highest BCUT2D eigenvalue weighted by Crippen LogP contribution is 2.36. The first-order chi connectivity index (χ1) is 19.5. The highest BCUT2D eigenvalue weighted by Gasteiger charge is 2.28. The number of benzene rings is 4. The maximum atomic E-state index is 14.2. The van der Waals surface area contributed by atoms with Crippen molar-refractivity contribution in [3.05, 3.63) is 95.5 Å². The monoisotopic (exact) mass is 573 g/mol. The quantitative estimate of drug-likeness (QED) is 0.178. The number of hydrogen-bond donors (Lipinski definition) is 0. The second-order valence-electron chi connectivity index (χ2n) is 10.3. The predicted molar refractivity (Wildman–Crippen MR) is 160 cm³/mol. The van der Waals surface area contributed by atoms with Crippen molar-refractivity contribution in [2.45, 2.75) is 42.1 Å². The maximum absolute atomic E-state index is 14.2. The molecule has 2 heterocycles. The van der Waals surface area contributed by atoms with Crippen LogP contribution in [0, 0.1) is 0 Å². The Bertz CT molecular complexity index is 1760. The third kappa shape index (κ3) is 5.46. The number of likely N-dealkylation sites (tertiary alicyclic amines) is 1. The van der Waals surface area contributed by atoms with Crippen LogP contribution in [0.5, 0.6) is 5.75 Å². The van der Waals surface area contributed by atoms with Crippen LogP contribution in [0.4, 0.5) is 0 Å². The zero-order valence-electron chi connectivity index (χ0n) is 22.3. The van der Waals surface area contributed by atoms with Gasteiger partial charge in [0.1, 0.15) is 11.3 Å². The molecule has 0 aliphatic carbocycles. The second-order valence-corrected chi connectivity index (χ2v) is 12.6. The first-order valence-corrected chi connectivity index (χ1v) is 15.7. The summed E-state index contributed by atoms with van der Waals surface area (Å²) in [6, 6.07) is 25.9. The Kier molecular flexibility index (Phi) is 7.78. The van der Waals surface area contributed by atoms with Crippen LogP contribution in [-0.2, 0) is 16.4 Å². The van der Waals surface area contributed by atoms with E-state index in [4.69, 9.17) is 21.4 Å². The number of aromatic nitrogens is 2. The molecule has 0 saturated carbocycles.